The van der Waals surface area contributed by atoms with Gasteiger partial charge in [-0.3, -0.25) is 10.1 Å². The van der Waals surface area contributed by atoms with E-state index in [-0.39, 0.29) is 10.6 Å². The van der Waals surface area contributed by atoms with Crippen LogP contribution in [0.1, 0.15) is 11.1 Å². The minimum absolute atomic E-state index is 0.106. The summed E-state index contributed by atoms with van der Waals surface area (Å²) < 4.78 is 0. The van der Waals surface area contributed by atoms with E-state index in [2.05, 4.69) is 16.7 Å². The Bertz CT molecular complexity index is 638. The molecule has 5 heteroatoms. The summed E-state index contributed by atoms with van der Waals surface area (Å²) in [6, 6.07) is 12.7. The van der Waals surface area contributed by atoms with Gasteiger partial charge in [-0.05, 0) is 42.3 Å². The van der Waals surface area contributed by atoms with Gasteiger partial charge in [-0.2, -0.15) is 0 Å². The van der Waals surface area contributed by atoms with E-state index in [1.165, 1.54) is 23.3 Å². The highest BCUT2D eigenvalue weighted by atomic mass is 16.6. The molecule has 0 aromatic heterocycles. The lowest BCUT2D eigenvalue weighted by Crippen LogP contribution is -2.24. The maximum absolute atomic E-state index is 10.6. The van der Waals surface area contributed by atoms with E-state index in [0.717, 1.165) is 30.9 Å². The molecular weight excluding hydrogens is 254 g/mol. The largest absolute Gasteiger partial charge is 0.355 e. The average Bonchev–Trinajstić information content (AvgIpc) is 2.48. The van der Waals surface area contributed by atoms with Crippen LogP contribution in [0.25, 0.3) is 0 Å². The number of nitrogens with zero attached hydrogens (tertiary/aromatic N) is 1. The van der Waals surface area contributed by atoms with Gasteiger partial charge in [0.1, 0.15) is 0 Å². The van der Waals surface area contributed by atoms with Crippen molar-refractivity contribution in [3.8, 4) is 0 Å². The monoisotopic (exact) mass is 269 g/mol. The zero-order valence-electron chi connectivity index (χ0n) is 10.9. The van der Waals surface area contributed by atoms with Crippen LogP contribution in [0.5, 0.6) is 0 Å². The van der Waals surface area contributed by atoms with Crippen LogP contribution in [0.15, 0.2) is 42.5 Å². The number of rotatable bonds is 3. The second-order valence-electron chi connectivity index (χ2n) is 4.80. The lowest BCUT2D eigenvalue weighted by atomic mass is 9.99. The zero-order valence-corrected chi connectivity index (χ0v) is 10.9. The van der Waals surface area contributed by atoms with Gasteiger partial charge in [0.2, 0.25) is 0 Å². The van der Waals surface area contributed by atoms with Gasteiger partial charge < -0.3 is 10.6 Å². The fraction of sp³-hybridized carbons (Fsp3) is 0.200. The van der Waals surface area contributed by atoms with Gasteiger partial charge in [-0.15, -0.1) is 0 Å². The Morgan fingerprint density at radius 2 is 1.95 bits per heavy atom. The van der Waals surface area contributed by atoms with Crippen molar-refractivity contribution in [2.75, 3.05) is 11.9 Å². The molecule has 2 aromatic carbocycles. The molecule has 1 aliphatic rings. The van der Waals surface area contributed by atoms with Crippen LogP contribution >= 0.6 is 0 Å². The molecule has 2 N–H and O–H groups in total. The van der Waals surface area contributed by atoms with E-state index < -0.39 is 0 Å². The first-order valence-corrected chi connectivity index (χ1v) is 6.57. The fourth-order valence-electron chi connectivity index (χ4n) is 2.47. The molecule has 3 rings (SSSR count). The van der Waals surface area contributed by atoms with Crippen LogP contribution in [0.3, 0.4) is 0 Å². The van der Waals surface area contributed by atoms with E-state index in [4.69, 9.17) is 0 Å². The SMILES string of the molecule is O=[N+]([O-])c1ccc(Nc2cccc3c2CCNC3)cc1. The predicted molar refractivity (Wildman–Crippen MR) is 78.2 cm³/mol. The molecule has 20 heavy (non-hydrogen) atoms. The van der Waals surface area contributed by atoms with E-state index in [0.29, 0.717) is 0 Å². The number of hydrogen-bond donors (Lipinski definition) is 2. The number of benzene rings is 2. The van der Waals surface area contributed by atoms with Crippen molar-refractivity contribution >= 4 is 17.1 Å². The van der Waals surface area contributed by atoms with E-state index in [1.807, 2.05) is 12.1 Å². The quantitative estimate of drug-likeness (QED) is 0.664. The molecule has 0 spiro atoms. The number of nitro groups is 1. The molecule has 5 nitrogen and oxygen atoms in total. The Hall–Kier alpha value is -2.40. The number of anilines is 2. The highest BCUT2D eigenvalue weighted by Crippen LogP contribution is 2.27. The number of hydrogen-bond acceptors (Lipinski definition) is 4. The van der Waals surface area contributed by atoms with Crippen LogP contribution in [0.2, 0.25) is 0 Å². The number of nitrogens with one attached hydrogen (secondary N) is 2. The number of non-ortho nitro benzene ring substituents is 1. The molecule has 0 saturated heterocycles. The summed E-state index contributed by atoms with van der Waals surface area (Å²) >= 11 is 0. The van der Waals surface area contributed by atoms with Gasteiger partial charge in [0.15, 0.2) is 0 Å². The minimum atomic E-state index is -0.389. The van der Waals surface area contributed by atoms with Crippen molar-refractivity contribution in [1.82, 2.24) is 5.32 Å². The summed E-state index contributed by atoms with van der Waals surface area (Å²) in [6.07, 6.45) is 0.992. The smallest absolute Gasteiger partial charge is 0.269 e. The second-order valence-corrected chi connectivity index (χ2v) is 4.80. The van der Waals surface area contributed by atoms with Crippen LogP contribution in [0, 0.1) is 10.1 Å². The predicted octanol–water partition coefficient (Wildman–Crippen LogP) is 2.98. The van der Waals surface area contributed by atoms with Gasteiger partial charge in [0, 0.05) is 30.1 Å². The third-order valence-corrected chi connectivity index (χ3v) is 3.50. The molecule has 0 bridgehead atoms. The Morgan fingerprint density at radius 1 is 1.15 bits per heavy atom. The molecule has 102 valence electrons. The second kappa shape index (κ2) is 5.30. The minimum Gasteiger partial charge on any atom is -0.355 e. The first kappa shape index (κ1) is 12.6. The fourth-order valence-corrected chi connectivity index (χ4v) is 2.47. The summed E-state index contributed by atoms with van der Waals surface area (Å²) in [6.45, 7) is 1.87. The van der Waals surface area contributed by atoms with Crippen molar-refractivity contribution in [2.24, 2.45) is 0 Å². The van der Waals surface area contributed by atoms with E-state index in [9.17, 15) is 10.1 Å². The topological polar surface area (TPSA) is 67.2 Å². The summed E-state index contributed by atoms with van der Waals surface area (Å²) in [5.74, 6) is 0. The molecule has 0 aliphatic carbocycles. The molecule has 2 aromatic rings. The van der Waals surface area contributed by atoms with Gasteiger partial charge in [-0.1, -0.05) is 12.1 Å². The van der Waals surface area contributed by atoms with Gasteiger partial charge in [0.25, 0.3) is 5.69 Å². The molecule has 0 fully saturated rings. The molecule has 1 aliphatic heterocycles. The Morgan fingerprint density at radius 3 is 2.70 bits per heavy atom. The maximum atomic E-state index is 10.6. The van der Waals surface area contributed by atoms with Crippen LogP contribution in [0.4, 0.5) is 17.1 Å². The normalized spacial score (nSPS) is 13.6. The molecule has 0 radical (unpaired) electrons. The highest BCUT2D eigenvalue weighted by Gasteiger charge is 2.12. The summed E-state index contributed by atoms with van der Waals surface area (Å²) in [5.41, 5.74) is 4.68. The van der Waals surface area contributed by atoms with Crippen LogP contribution < -0.4 is 10.6 Å². The van der Waals surface area contributed by atoms with Crippen molar-refractivity contribution < 1.29 is 4.92 Å². The molecular formula is C15H15N3O2. The summed E-state index contributed by atoms with van der Waals surface area (Å²) in [5, 5.41) is 17.3. The average molecular weight is 269 g/mol. The first-order valence-electron chi connectivity index (χ1n) is 6.57. The summed E-state index contributed by atoms with van der Waals surface area (Å²) in [7, 11) is 0. The van der Waals surface area contributed by atoms with Crippen molar-refractivity contribution in [3.63, 3.8) is 0 Å². The van der Waals surface area contributed by atoms with Crippen molar-refractivity contribution in [3.05, 3.63) is 63.7 Å². The molecule has 1 heterocycles. The number of fused-ring (bicyclic) bond motifs is 1. The van der Waals surface area contributed by atoms with Crippen molar-refractivity contribution in [1.29, 1.82) is 0 Å². The highest BCUT2D eigenvalue weighted by molar-refractivity contribution is 5.66. The maximum Gasteiger partial charge on any atom is 0.269 e. The first-order chi connectivity index (χ1) is 9.74. The number of nitro benzene ring substituents is 1. The zero-order chi connectivity index (χ0) is 13.9. The Labute approximate surface area is 116 Å². The standard InChI is InChI=1S/C15H15N3O2/c19-18(20)13-6-4-12(5-7-13)17-15-3-1-2-11-10-16-9-8-14(11)15/h1-7,16-17H,8-10H2. The van der Waals surface area contributed by atoms with Gasteiger partial charge in [-0.25, -0.2) is 0 Å². The van der Waals surface area contributed by atoms with Crippen molar-refractivity contribution in [2.45, 2.75) is 13.0 Å². The van der Waals surface area contributed by atoms with E-state index >= 15 is 0 Å². The lowest BCUT2D eigenvalue weighted by Gasteiger charge is -2.21. The molecule has 0 atom stereocenters. The summed E-state index contributed by atoms with van der Waals surface area (Å²) in [4.78, 5) is 10.3. The Balaban J connectivity index is 1.86. The molecule has 0 saturated carbocycles. The van der Waals surface area contributed by atoms with Gasteiger partial charge >= 0.3 is 0 Å². The van der Waals surface area contributed by atoms with E-state index in [1.54, 1.807) is 12.1 Å². The molecule has 0 amide bonds. The van der Waals surface area contributed by atoms with Crippen LogP contribution in [-0.2, 0) is 13.0 Å². The third kappa shape index (κ3) is 2.48. The van der Waals surface area contributed by atoms with Crippen LogP contribution in [-0.4, -0.2) is 11.5 Å². The van der Waals surface area contributed by atoms with Gasteiger partial charge in [0.05, 0.1) is 4.92 Å². The Kier molecular flexibility index (Phi) is 3.35. The lowest BCUT2D eigenvalue weighted by molar-refractivity contribution is -0.384. The third-order valence-electron chi connectivity index (χ3n) is 3.50. The molecule has 0 unspecified atom stereocenters.